The van der Waals surface area contributed by atoms with Crippen molar-refractivity contribution in [2.75, 3.05) is 0 Å². The Balaban J connectivity index is 2.41. The van der Waals surface area contributed by atoms with Crippen LogP contribution in [0.5, 0.6) is 0 Å². The van der Waals surface area contributed by atoms with E-state index in [1.165, 1.54) is 6.42 Å². The van der Waals surface area contributed by atoms with E-state index in [2.05, 4.69) is 20.8 Å². The molecule has 1 heteroatoms. The molecule has 1 aliphatic rings. The van der Waals surface area contributed by atoms with E-state index in [0.717, 1.165) is 18.3 Å². The van der Waals surface area contributed by atoms with Crippen molar-refractivity contribution in [1.29, 1.82) is 0 Å². The van der Waals surface area contributed by atoms with Crippen molar-refractivity contribution in [3.8, 4) is 0 Å². The van der Waals surface area contributed by atoms with Gasteiger partial charge >= 0.3 is 0 Å². The summed E-state index contributed by atoms with van der Waals surface area (Å²) < 4.78 is 0. The first-order valence-electron chi connectivity index (χ1n) is 4.29. The Labute approximate surface area is 63.4 Å². The van der Waals surface area contributed by atoms with Crippen LogP contribution < -0.4 is 0 Å². The van der Waals surface area contributed by atoms with Gasteiger partial charge in [-0.3, -0.25) is 0 Å². The van der Waals surface area contributed by atoms with E-state index < -0.39 is 0 Å². The van der Waals surface area contributed by atoms with Gasteiger partial charge in [0.25, 0.3) is 0 Å². The first-order chi connectivity index (χ1) is 4.61. The van der Waals surface area contributed by atoms with Crippen LogP contribution in [0.2, 0.25) is 0 Å². The van der Waals surface area contributed by atoms with Crippen LogP contribution in [0.4, 0.5) is 0 Å². The Hall–Kier alpha value is -0.0400. The van der Waals surface area contributed by atoms with Gasteiger partial charge in [-0.25, -0.2) is 0 Å². The lowest BCUT2D eigenvalue weighted by Crippen LogP contribution is -2.08. The zero-order chi connectivity index (χ0) is 7.72. The van der Waals surface area contributed by atoms with Crippen molar-refractivity contribution in [2.24, 2.45) is 17.8 Å². The van der Waals surface area contributed by atoms with Crippen LogP contribution in [-0.2, 0) is 0 Å². The fourth-order valence-electron chi connectivity index (χ4n) is 1.82. The lowest BCUT2D eigenvalue weighted by atomic mass is 9.94. The highest BCUT2D eigenvalue weighted by Gasteiger charge is 2.30. The van der Waals surface area contributed by atoms with E-state index in [0.29, 0.717) is 5.92 Å². The van der Waals surface area contributed by atoms with E-state index in [1.54, 1.807) is 0 Å². The Morgan fingerprint density at radius 2 is 1.90 bits per heavy atom. The molecule has 1 nitrogen and oxygen atoms in total. The summed E-state index contributed by atoms with van der Waals surface area (Å²) in [5.74, 6) is 2.05. The van der Waals surface area contributed by atoms with Gasteiger partial charge in [0, 0.05) is 0 Å². The average molecular weight is 142 g/mol. The summed E-state index contributed by atoms with van der Waals surface area (Å²) in [6.07, 6.45) is 2.23. The van der Waals surface area contributed by atoms with Gasteiger partial charge < -0.3 is 5.11 Å². The highest BCUT2D eigenvalue weighted by Crippen LogP contribution is 2.35. The third kappa shape index (κ3) is 1.51. The van der Waals surface area contributed by atoms with E-state index >= 15 is 0 Å². The van der Waals surface area contributed by atoms with Gasteiger partial charge in [-0.15, -0.1) is 0 Å². The molecule has 0 aromatic heterocycles. The molecule has 60 valence electrons. The van der Waals surface area contributed by atoms with Crippen LogP contribution in [0, 0.1) is 17.8 Å². The number of aliphatic hydroxyl groups is 1. The molecule has 1 saturated carbocycles. The summed E-state index contributed by atoms with van der Waals surface area (Å²) in [5, 5.41) is 9.42. The molecule has 0 aromatic carbocycles. The van der Waals surface area contributed by atoms with Crippen LogP contribution >= 0.6 is 0 Å². The molecule has 1 rings (SSSR count). The van der Waals surface area contributed by atoms with Crippen molar-refractivity contribution in [2.45, 2.75) is 39.7 Å². The van der Waals surface area contributed by atoms with Gasteiger partial charge in [0.2, 0.25) is 0 Å². The maximum absolute atomic E-state index is 9.42. The topological polar surface area (TPSA) is 20.2 Å². The van der Waals surface area contributed by atoms with Crippen LogP contribution in [0.25, 0.3) is 0 Å². The molecular formula is C9H18O. The minimum absolute atomic E-state index is 0.0209. The molecule has 0 heterocycles. The smallest absolute Gasteiger partial charge is 0.0568 e. The largest absolute Gasteiger partial charge is 0.393 e. The molecule has 0 spiro atoms. The third-order valence-corrected chi connectivity index (χ3v) is 2.82. The highest BCUT2D eigenvalue weighted by atomic mass is 16.3. The minimum atomic E-state index is -0.0209. The van der Waals surface area contributed by atoms with Gasteiger partial charge in [0.15, 0.2) is 0 Å². The third-order valence-electron chi connectivity index (χ3n) is 2.82. The molecule has 0 saturated heterocycles. The van der Waals surface area contributed by atoms with E-state index in [1.807, 2.05) is 0 Å². The Bertz CT molecular complexity index is 99.3. The summed E-state index contributed by atoms with van der Waals surface area (Å²) in [5.41, 5.74) is 0. The van der Waals surface area contributed by atoms with Crippen LogP contribution in [0.3, 0.4) is 0 Å². The summed E-state index contributed by atoms with van der Waals surface area (Å²) in [6.45, 7) is 6.64. The molecular weight excluding hydrogens is 124 g/mol. The molecule has 1 fully saturated rings. The number of hydrogen-bond acceptors (Lipinski definition) is 1. The quantitative estimate of drug-likeness (QED) is 0.594. The molecule has 0 aromatic rings. The fourth-order valence-corrected chi connectivity index (χ4v) is 1.82. The van der Waals surface area contributed by atoms with Crippen molar-refractivity contribution < 1.29 is 5.11 Å². The molecule has 1 N–H and O–H groups in total. The van der Waals surface area contributed by atoms with Crippen molar-refractivity contribution >= 4 is 0 Å². The Morgan fingerprint density at radius 1 is 1.30 bits per heavy atom. The predicted octanol–water partition coefficient (Wildman–Crippen LogP) is 2.05. The van der Waals surface area contributed by atoms with Crippen molar-refractivity contribution in [3.63, 3.8) is 0 Å². The van der Waals surface area contributed by atoms with Gasteiger partial charge in [0.1, 0.15) is 0 Å². The zero-order valence-electron chi connectivity index (χ0n) is 7.17. The minimum Gasteiger partial charge on any atom is -0.393 e. The first kappa shape index (κ1) is 8.06. The fraction of sp³-hybridized carbons (Fsp3) is 1.00. The van der Waals surface area contributed by atoms with E-state index in [9.17, 15) is 5.11 Å². The molecule has 0 radical (unpaired) electrons. The zero-order valence-corrected chi connectivity index (χ0v) is 7.17. The van der Waals surface area contributed by atoms with Gasteiger partial charge in [0.05, 0.1) is 6.10 Å². The number of aliphatic hydroxyl groups excluding tert-OH is 1. The van der Waals surface area contributed by atoms with Gasteiger partial charge in [-0.2, -0.15) is 0 Å². The lowest BCUT2D eigenvalue weighted by Gasteiger charge is -2.12. The molecule has 0 aliphatic heterocycles. The maximum atomic E-state index is 9.42. The molecule has 1 aliphatic carbocycles. The number of rotatable bonds is 1. The van der Waals surface area contributed by atoms with Gasteiger partial charge in [-0.1, -0.05) is 20.8 Å². The SMILES string of the molecule is CC(C)[C@H]1C[C@@H](O)[C@@H](C)C1. The van der Waals surface area contributed by atoms with Crippen molar-refractivity contribution in [3.05, 3.63) is 0 Å². The second-order valence-corrected chi connectivity index (χ2v) is 4.02. The highest BCUT2D eigenvalue weighted by molar-refractivity contribution is 4.81. The van der Waals surface area contributed by atoms with E-state index in [-0.39, 0.29) is 6.10 Å². The predicted molar refractivity (Wildman–Crippen MR) is 42.7 cm³/mol. The second kappa shape index (κ2) is 2.91. The molecule has 3 atom stereocenters. The van der Waals surface area contributed by atoms with Crippen LogP contribution in [0.15, 0.2) is 0 Å². The van der Waals surface area contributed by atoms with Crippen LogP contribution in [0.1, 0.15) is 33.6 Å². The van der Waals surface area contributed by atoms with Gasteiger partial charge in [-0.05, 0) is 30.6 Å². The molecule has 0 bridgehead atoms. The maximum Gasteiger partial charge on any atom is 0.0568 e. The number of hydrogen-bond donors (Lipinski definition) is 1. The molecule has 0 amide bonds. The summed E-state index contributed by atoms with van der Waals surface area (Å²) in [6, 6.07) is 0. The van der Waals surface area contributed by atoms with E-state index in [4.69, 9.17) is 0 Å². The molecule has 10 heavy (non-hydrogen) atoms. The monoisotopic (exact) mass is 142 g/mol. The molecule has 0 unspecified atom stereocenters. The summed E-state index contributed by atoms with van der Waals surface area (Å²) in [4.78, 5) is 0. The lowest BCUT2D eigenvalue weighted by molar-refractivity contribution is 0.137. The Kier molecular flexibility index (Phi) is 2.35. The summed E-state index contributed by atoms with van der Waals surface area (Å²) in [7, 11) is 0. The second-order valence-electron chi connectivity index (χ2n) is 4.02. The van der Waals surface area contributed by atoms with Crippen LogP contribution in [-0.4, -0.2) is 11.2 Å². The first-order valence-corrected chi connectivity index (χ1v) is 4.29. The average Bonchev–Trinajstić information content (AvgIpc) is 2.13. The van der Waals surface area contributed by atoms with Crippen molar-refractivity contribution in [1.82, 2.24) is 0 Å². The Morgan fingerprint density at radius 3 is 2.10 bits per heavy atom. The standard InChI is InChI=1S/C9H18O/c1-6(2)8-4-7(3)9(10)5-8/h6-10H,4-5H2,1-3H3/t7-,8+,9+/m0/s1. The summed E-state index contributed by atoms with van der Waals surface area (Å²) >= 11 is 0. The normalized spacial score (nSPS) is 41.1.